The van der Waals surface area contributed by atoms with Crippen LogP contribution in [0.1, 0.15) is 46.0 Å². The first-order chi connectivity index (χ1) is 6.72. The van der Waals surface area contributed by atoms with Crippen molar-refractivity contribution in [3.63, 3.8) is 0 Å². The lowest BCUT2D eigenvalue weighted by Gasteiger charge is -2.38. The van der Waals surface area contributed by atoms with Crippen molar-refractivity contribution in [2.45, 2.75) is 51.2 Å². The minimum atomic E-state index is -0.505. The molecule has 0 aliphatic carbocycles. The molecule has 1 heterocycles. The van der Waals surface area contributed by atoms with Gasteiger partial charge in [-0.1, -0.05) is 20.3 Å². The smallest absolute Gasteiger partial charge is 0.193 e. The van der Waals surface area contributed by atoms with Crippen LogP contribution in [0.25, 0.3) is 0 Å². The molecular weight excluding hydrogens is 192 g/mol. The molecule has 0 bridgehead atoms. The minimum absolute atomic E-state index is 0.169. The van der Waals surface area contributed by atoms with Gasteiger partial charge in [0.05, 0.1) is 5.22 Å². The Morgan fingerprint density at radius 2 is 2.29 bits per heavy atom. The van der Waals surface area contributed by atoms with Crippen LogP contribution in [0.2, 0.25) is 0 Å². The predicted octanol–water partition coefficient (Wildman–Crippen LogP) is 2.05. The second-order valence-electron chi connectivity index (χ2n) is 4.64. The summed E-state index contributed by atoms with van der Waals surface area (Å²) in [5, 5.41) is 0.169. The Morgan fingerprint density at radius 1 is 1.50 bits per heavy atom. The van der Waals surface area contributed by atoms with Gasteiger partial charge in [-0.25, -0.2) is 0 Å². The van der Waals surface area contributed by atoms with Gasteiger partial charge in [-0.15, -0.1) is 0 Å². The summed E-state index contributed by atoms with van der Waals surface area (Å²) >= 11 is 0. The van der Waals surface area contributed by atoms with Gasteiger partial charge in [-0.3, -0.25) is 0 Å². The van der Waals surface area contributed by atoms with Gasteiger partial charge in [0, 0.05) is 13.7 Å². The molecule has 1 aliphatic rings. The zero-order valence-corrected chi connectivity index (χ0v) is 11.3. The molecule has 84 valence electrons. The molecule has 0 aromatic carbocycles. The molecule has 0 aromatic heterocycles. The monoisotopic (exact) mass is 216 g/mol. The standard InChI is InChI=1S/C11H24O2Si/c1-4-10(2)9-11(14-12-3)7-5-6-8-13-11/h10H,4-9,14H2,1-3H3. The largest absolute Gasteiger partial charge is 0.424 e. The van der Waals surface area contributed by atoms with Crippen molar-refractivity contribution in [3.8, 4) is 0 Å². The highest BCUT2D eigenvalue weighted by atomic mass is 28.2. The molecule has 1 fully saturated rings. The fraction of sp³-hybridized carbons (Fsp3) is 1.00. The van der Waals surface area contributed by atoms with Gasteiger partial charge < -0.3 is 9.16 Å². The van der Waals surface area contributed by atoms with Crippen LogP contribution in [-0.4, -0.2) is 28.7 Å². The van der Waals surface area contributed by atoms with Crippen molar-refractivity contribution in [2.24, 2.45) is 5.92 Å². The van der Waals surface area contributed by atoms with Crippen molar-refractivity contribution < 1.29 is 9.16 Å². The topological polar surface area (TPSA) is 18.5 Å². The Hall–Kier alpha value is 0.137. The van der Waals surface area contributed by atoms with E-state index in [0.29, 0.717) is 0 Å². The lowest BCUT2D eigenvalue weighted by molar-refractivity contribution is -0.0414. The molecule has 3 heteroatoms. The zero-order chi connectivity index (χ0) is 10.4. The van der Waals surface area contributed by atoms with Crippen molar-refractivity contribution in [2.75, 3.05) is 13.7 Å². The van der Waals surface area contributed by atoms with E-state index >= 15 is 0 Å². The summed E-state index contributed by atoms with van der Waals surface area (Å²) in [7, 11) is 1.33. The summed E-state index contributed by atoms with van der Waals surface area (Å²) in [5.74, 6) is 0.774. The van der Waals surface area contributed by atoms with Crippen molar-refractivity contribution in [3.05, 3.63) is 0 Å². The number of ether oxygens (including phenoxy) is 1. The first-order valence-electron chi connectivity index (χ1n) is 5.85. The Bertz CT molecular complexity index is 150. The fourth-order valence-electron chi connectivity index (χ4n) is 2.29. The van der Waals surface area contributed by atoms with Gasteiger partial charge in [0.2, 0.25) is 0 Å². The van der Waals surface area contributed by atoms with E-state index in [1.54, 1.807) is 0 Å². The number of rotatable bonds is 5. The lowest BCUT2D eigenvalue weighted by atomic mass is 9.95. The summed E-state index contributed by atoms with van der Waals surface area (Å²) < 4.78 is 11.5. The molecule has 0 aromatic rings. The Balaban J connectivity index is 2.50. The summed E-state index contributed by atoms with van der Waals surface area (Å²) in [4.78, 5) is 0. The van der Waals surface area contributed by atoms with E-state index < -0.39 is 9.76 Å². The Labute approximate surface area is 90.3 Å². The lowest BCUT2D eigenvalue weighted by Crippen LogP contribution is -2.44. The quantitative estimate of drug-likeness (QED) is 0.655. The second-order valence-corrected chi connectivity index (χ2v) is 6.79. The van der Waals surface area contributed by atoms with E-state index in [-0.39, 0.29) is 5.22 Å². The first-order valence-corrected chi connectivity index (χ1v) is 7.14. The van der Waals surface area contributed by atoms with Crippen molar-refractivity contribution >= 4 is 9.76 Å². The molecule has 2 atom stereocenters. The summed E-state index contributed by atoms with van der Waals surface area (Å²) in [6.45, 7) is 5.53. The van der Waals surface area contributed by atoms with Gasteiger partial charge in [-0.2, -0.15) is 0 Å². The van der Waals surface area contributed by atoms with E-state index in [9.17, 15) is 0 Å². The molecular formula is C11H24O2Si. The van der Waals surface area contributed by atoms with E-state index in [1.807, 2.05) is 7.11 Å². The average molecular weight is 216 g/mol. The average Bonchev–Trinajstić information content (AvgIpc) is 2.19. The van der Waals surface area contributed by atoms with Crippen molar-refractivity contribution in [1.82, 2.24) is 0 Å². The molecule has 2 nitrogen and oxygen atoms in total. The van der Waals surface area contributed by atoms with Crippen LogP contribution >= 0.6 is 0 Å². The minimum Gasteiger partial charge on any atom is -0.424 e. The third-order valence-corrected chi connectivity index (χ3v) is 4.92. The second kappa shape index (κ2) is 5.88. The third kappa shape index (κ3) is 3.37. The highest BCUT2D eigenvalue weighted by Crippen LogP contribution is 2.31. The molecule has 0 amide bonds. The molecule has 0 N–H and O–H groups in total. The molecule has 0 radical (unpaired) electrons. The molecule has 14 heavy (non-hydrogen) atoms. The molecule has 1 saturated heterocycles. The van der Waals surface area contributed by atoms with Gasteiger partial charge in [0.15, 0.2) is 9.76 Å². The van der Waals surface area contributed by atoms with Gasteiger partial charge in [-0.05, 0) is 31.6 Å². The Morgan fingerprint density at radius 3 is 2.79 bits per heavy atom. The highest BCUT2D eigenvalue weighted by Gasteiger charge is 2.35. The van der Waals surface area contributed by atoms with Gasteiger partial charge in [0.25, 0.3) is 0 Å². The number of hydrogen-bond donors (Lipinski definition) is 0. The maximum absolute atomic E-state index is 6.02. The van der Waals surface area contributed by atoms with Crippen molar-refractivity contribution in [1.29, 1.82) is 0 Å². The van der Waals surface area contributed by atoms with Crippen LogP contribution in [0.5, 0.6) is 0 Å². The molecule has 0 saturated carbocycles. The predicted molar refractivity (Wildman–Crippen MR) is 62.2 cm³/mol. The van der Waals surface area contributed by atoms with E-state index in [0.717, 1.165) is 12.5 Å². The third-order valence-electron chi connectivity index (χ3n) is 3.26. The fourth-order valence-corrected chi connectivity index (χ4v) is 4.05. The van der Waals surface area contributed by atoms with Gasteiger partial charge >= 0.3 is 0 Å². The van der Waals surface area contributed by atoms with Crippen LogP contribution < -0.4 is 0 Å². The van der Waals surface area contributed by atoms with E-state index in [4.69, 9.17) is 9.16 Å². The summed E-state index contributed by atoms with van der Waals surface area (Å²) in [6, 6.07) is 0. The highest BCUT2D eigenvalue weighted by molar-refractivity contribution is 6.31. The summed E-state index contributed by atoms with van der Waals surface area (Å²) in [6.07, 6.45) is 6.26. The molecule has 2 unspecified atom stereocenters. The van der Waals surface area contributed by atoms with E-state index in [1.165, 1.54) is 32.1 Å². The summed E-state index contributed by atoms with van der Waals surface area (Å²) in [5.41, 5.74) is 0. The van der Waals surface area contributed by atoms with Crippen LogP contribution in [0.15, 0.2) is 0 Å². The molecule has 1 aliphatic heterocycles. The SMILES string of the molecule is CCC(C)CC1([SiH2]OC)CCCCO1. The van der Waals surface area contributed by atoms with Crippen LogP contribution in [0.4, 0.5) is 0 Å². The first kappa shape index (κ1) is 12.2. The maximum atomic E-state index is 6.02. The van der Waals surface area contributed by atoms with Crippen LogP contribution in [0.3, 0.4) is 0 Å². The molecule has 1 rings (SSSR count). The van der Waals surface area contributed by atoms with E-state index in [2.05, 4.69) is 13.8 Å². The van der Waals surface area contributed by atoms with Crippen LogP contribution in [0, 0.1) is 5.92 Å². The van der Waals surface area contributed by atoms with Crippen LogP contribution in [-0.2, 0) is 9.16 Å². The number of hydrogen-bond acceptors (Lipinski definition) is 2. The van der Waals surface area contributed by atoms with Gasteiger partial charge in [0.1, 0.15) is 0 Å². The maximum Gasteiger partial charge on any atom is 0.193 e. The zero-order valence-electron chi connectivity index (χ0n) is 9.84. The molecule has 0 spiro atoms. The Kier molecular flexibility index (Phi) is 5.13. The normalized spacial score (nSPS) is 31.1.